The normalized spacial score (nSPS) is 11.3. The van der Waals surface area contributed by atoms with Crippen LogP contribution in [0.15, 0.2) is 33.7 Å². The van der Waals surface area contributed by atoms with E-state index in [4.69, 9.17) is 17.3 Å². The van der Waals surface area contributed by atoms with Crippen molar-refractivity contribution in [3.05, 3.63) is 29.5 Å². The summed E-state index contributed by atoms with van der Waals surface area (Å²) in [7, 11) is 3.84. The van der Waals surface area contributed by atoms with Gasteiger partial charge in [-0.15, -0.1) is 0 Å². The fourth-order valence-corrected chi connectivity index (χ4v) is 2.44. The smallest absolute Gasteiger partial charge is 0.129 e. The van der Waals surface area contributed by atoms with E-state index in [0.717, 1.165) is 15.7 Å². The van der Waals surface area contributed by atoms with Gasteiger partial charge in [0.25, 0.3) is 0 Å². The SMILES string of the molecule is CN(C)C=NSc1cc(N)cc2cnc(Cl)cc12. The highest BCUT2D eigenvalue weighted by atomic mass is 35.5. The van der Waals surface area contributed by atoms with Gasteiger partial charge in [-0.3, -0.25) is 0 Å². The molecule has 0 aliphatic heterocycles. The van der Waals surface area contributed by atoms with Gasteiger partial charge in [0, 0.05) is 53.6 Å². The molecule has 0 saturated carbocycles. The van der Waals surface area contributed by atoms with Crippen LogP contribution in [0.5, 0.6) is 0 Å². The molecular weight excluding hydrogens is 268 g/mol. The predicted octanol–water partition coefficient (Wildman–Crippen LogP) is 3.07. The maximum atomic E-state index is 5.92. The topological polar surface area (TPSA) is 54.5 Å². The Labute approximate surface area is 115 Å². The summed E-state index contributed by atoms with van der Waals surface area (Å²) in [5.74, 6) is 0. The first kappa shape index (κ1) is 13.0. The molecule has 18 heavy (non-hydrogen) atoms. The highest BCUT2D eigenvalue weighted by Crippen LogP contribution is 2.31. The Morgan fingerprint density at radius 3 is 2.89 bits per heavy atom. The van der Waals surface area contributed by atoms with Gasteiger partial charge in [0.15, 0.2) is 0 Å². The minimum Gasteiger partial charge on any atom is -0.399 e. The van der Waals surface area contributed by atoms with E-state index in [1.54, 1.807) is 12.5 Å². The average Bonchev–Trinajstić information content (AvgIpc) is 2.29. The number of benzene rings is 1. The Balaban J connectivity index is 2.44. The van der Waals surface area contributed by atoms with Crippen LogP contribution in [0.3, 0.4) is 0 Å². The first-order valence-corrected chi connectivity index (χ1v) is 6.43. The molecule has 1 aromatic carbocycles. The summed E-state index contributed by atoms with van der Waals surface area (Å²) < 4.78 is 4.26. The number of nitrogen functional groups attached to an aromatic ring is 1. The van der Waals surface area contributed by atoms with E-state index >= 15 is 0 Å². The zero-order valence-corrected chi connectivity index (χ0v) is 11.7. The van der Waals surface area contributed by atoms with E-state index in [0.29, 0.717) is 10.8 Å². The molecule has 2 rings (SSSR count). The number of aromatic nitrogens is 1. The van der Waals surface area contributed by atoms with E-state index < -0.39 is 0 Å². The third-order valence-corrected chi connectivity index (χ3v) is 3.16. The summed E-state index contributed by atoms with van der Waals surface area (Å²) in [5, 5.41) is 2.43. The van der Waals surface area contributed by atoms with Gasteiger partial charge >= 0.3 is 0 Å². The quantitative estimate of drug-likeness (QED) is 0.309. The molecule has 4 nitrogen and oxygen atoms in total. The maximum absolute atomic E-state index is 5.92. The maximum Gasteiger partial charge on any atom is 0.129 e. The molecule has 0 atom stereocenters. The summed E-state index contributed by atoms with van der Waals surface area (Å²) in [6, 6.07) is 5.58. The Hall–Kier alpha value is -1.46. The summed E-state index contributed by atoms with van der Waals surface area (Å²) in [6.45, 7) is 0. The Bertz CT molecular complexity index is 598. The minimum atomic E-state index is 0.464. The largest absolute Gasteiger partial charge is 0.399 e. The Kier molecular flexibility index (Phi) is 3.93. The molecule has 0 amide bonds. The molecule has 1 aromatic heterocycles. The number of halogens is 1. The van der Waals surface area contributed by atoms with Crippen molar-refractivity contribution in [1.29, 1.82) is 0 Å². The van der Waals surface area contributed by atoms with Crippen LogP contribution >= 0.6 is 23.5 Å². The number of fused-ring (bicyclic) bond motifs is 1. The predicted molar refractivity (Wildman–Crippen MR) is 79.2 cm³/mol. The van der Waals surface area contributed by atoms with E-state index in [2.05, 4.69) is 9.38 Å². The molecular formula is C12H13ClN4S. The number of nitrogens with zero attached hydrogens (tertiary/aromatic N) is 3. The summed E-state index contributed by atoms with van der Waals surface area (Å²) in [4.78, 5) is 6.89. The molecule has 0 unspecified atom stereocenters. The van der Waals surface area contributed by atoms with E-state index in [-0.39, 0.29) is 0 Å². The number of hydrogen-bond donors (Lipinski definition) is 1. The van der Waals surface area contributed by atoms with Crippen molar-refractivity contribution in [3.8, 4) is 0 Å². The standard InChI is InChI=1S/C12H13ClN4S/c1-17(2)7-16-18-11-4-9(14)3-8-6-15-12(13)5-10(8)11/h3-7H,14H2,1-2H3. The molecule has 0 fully saturated rings. The van der Waals surface area contributed by atoms with Gasteiger partial charge in [-0.1, -0.05) is 11.6 Å². The van der Waals surface area contributed by atoms with Gasteiger partial charge in [-0.2, -0.15) is 0 Å². The molecule has 2 aromatic rings. The number of anilines is 1. The number of hydrogen-bond acceptors (Lipinski definition) is 4. The fourth-order valence-electron chi connectivity index (χ4n) is 1.47. The second-order valence-corrected chi connectivity index (χ2v) is 5.24. The molecule has 0 aliphatic rings. The van der Waals surface area contributed by atoms with Crippen LogP contribution in [0.2, 0.25) is 5.15 Å². The van der Waals surface area contributed by atoms with Crippen LogP contribution in [0.1, 0.15) is 0 Å². The lowest BCUT2D eigenvalue weighted by Gasteiger charge is -2.06. The molecule has 0 saturated heterocycles. The van der Waals surface area contributed by atoms with Crippen molar-refractivity contribution < 1.29 is 0 Å². The highest BCUT2D eigenvalue weighted by molar-refractivity contribution is 7.98. The van der Waals surface area contributed by atoms with Crippen molar-refractivity contribution >= 4 is 46.3 Å². The highest BCUT2D eigenvalue weighted by Gasteiger charge is 2.05. The molecule has 6 heteroatoms. The van der Waals surface area contributed by atoms with Crippen molar-refractivity contribution in [3.63, 3.8) is 0 Å². The number of nitrogens with two attached hydrogens (primary N) is 1. The van der Waals surface area contributed by atoms with Gasteiger partial charge < -0.3 is 10.6 Å². The second kappa shape index (κ2) is 5.46. The molecule has 0 spiro atoms. The van der Waals surface area contributed by atoms with E-state index in [1.165, 1.54) is 11.9 Å². The second-order valence-electron chi connectivity index (χ2n) is 4.02. The summed E-state index contributed by atoms with van der Waals surface area (Å²) in [6.07, 6.45) is 3.45. The van der Waals surface area contributed by atoms with Gasteiger partial charge in [0.2, 0.25) is 0 Å². The zero-order valence-electron chi connectivity index (χ0n) is 10.1. The van der Waals surface area contributed by atoms with Gasteiger partial charge in [0.05, 0.1) is 6.34 Å². The molecule has 2 N–H and O–H groups in total. The van der Waals surface area contributed by atoms with Crippen LogP contribution < -0.4 is 5.73 Å². The lowest BCUT2D eigenvalue weighted by Crippen LogP contribution is -2.06. The van der Waals surface area contributed by atoms with Crippen molar-refractivity contribution in [1.82, 2.24) is 9.88 Å². The third kappa shape index (κ3) is 3.05. The lowest BCUT2D eigenvalue weighted by atomic mass is 10.1. The third-order valence-electron chi connectivity index (χ3n) is 2.22. The summed E-state index contributed by atoms with van der Waals surface area (Å²) >= 11 is 7.28. The van der Waals surface area contributed by atoms with E-state index in [1.807, 2.05) is 37.2 Å². The number of rotatable bonds is 3. The van der Waals surface area contributed by atoms with Gasteiger partial charge in [-0.25, -0.2) is 9.38 Å². The minimum absolute atomic E-state index is 0.464. The van der Waals surface area contributed by atoms with E-state index in [9.17, 15) is 0 Å². The Morgan fingerprint density at radius 1 is 1.39 bits per heavy atom. The van der Waals surface area contributed by atoms with Crippen LogP contribution in [0.25, 0.3) is 10.8 Å². The monoisotopic (exact) mass is 280 g/mol. The molecule has 1 heterocycles. The first-order chi connectivity index (χ1) is 8.56. The average molecular weight is 281 g/mol. The van der Waals surface area contributed by atoms with Crippen molar-refractivity contribution in [2.75, 3.05) is 19.8 Å². The van der Waals surface area contributed by atoms with Crippen LogP contribution in [0, 0.1) is 0 Å². The van der Waals surface area contributed by atoms with Crippen molar-refractivity contribution in [2.45, 2.75) is 4.90 Å². The molecule has 0 aliphatic carbocycles. The van der Waals surface area contributed by atoms with Crippen LogP contribution in [0.4, 0.5) is 5.69 Å². The van der Waals surface area contributed by atoms with Crippen LogP contribution in [-0.4, -0.2) is 30.3 Å². The zero-order chi connectivity index (χ0) is 13.1. The first-order valence-electron chi connectivity index (χ1n) is 5.28. The van der Waals surface area contributed by atoms with Gasteiger partial charge in [-0.05, 0) is 18.2 Å². The fraction of sp³-hybridized carbons (Fsp3) is 0.167. The molecule has 0 radical (unpaired) electrons. The summed E-state index contributed by atoms with van der Waals surface area (Å²) in [5.41, 5.74) is 6.55. The van der Waals surface area contributed by atoms with Crippen molar-refractivity contribution in [2.24, 2.45) is 4.40 Å². The van der Waals surface area contributed by atoms with Crippen LogP contribution in [-0.2, 0) is 0 Å². The van der Waals surface area contributed by atoms with Gasteiger partial charge in [0.1, 0.15) is 5.15 Å². The number of pyridine rings is 1. The molecule has 0 bridgehead atoms. The lowest BCUT2D eigenvalue weighted by molar-refractivity contribution is 0.645. The molecule has 94 valence electrons. The Morgan fingerprint density at radius 2 is 2.17 bits per heavy atom.